The number of aromatic nitrogens is 3. The van der Waals surface area contributed by atoms with Gasteiger partial charge in [-0.1, -0.05) is 0 Å². The third-order valence-electron chi connectivity index (χ3n) is 2.98. The van der Waals surface area contributed by atoms with Gasteiger partial charge in [0.1, 0.15) is 5.82 Å². The minimum atomic E-state index is 0.811. The first-order valence-corrected chi connectivity index (χ1v) is 5.58. The molecule has 1 fully saturated rings. The van der Waals surface area contributed by atoms with Crippen molar-refractivity contribution in [3.8, 4) is 0 Å². The van der Waals surface area contributed by atoms with Gasteiger partial charge in [0.15, 0.2) is 0 Å². The molecule has 2 heterocycles. The minimum Gasteiger partial charge on any atom is -0.340 e. The van der Waals surface area contributed by atoms with Crippen LogP contribution in [0.25, 0.3) is 0 Å². The van der Waals surface area contributed by atoms with Crippen molar-refractivity contribution in [2.45, 2.75) is 19.8 Å². The first kappa shape index (κ1) is 10.4. The Kier molecular flexibility index (Phi) is 3.20. The Bertz CT molecular complexity index is 301. The zero-order valence-corrected chi connectivity index (χ0v) is 9.45. The maximum Gasteiger partial charge on any atom is 0.244 e. The summed E-state index contributed by atoms with van der Waals surface area (Å²) < 4.78 is 0. The smallest absolute Gasteiger partial charge is 0.244 e. The molecule has 5 nitrogen and oxygen atoms in total. The molecule has 0 aliphatic carbocycles. The molecule has 0 atom stereocenters. The number of aromatic amines is 1. The normalized spacial score (nSPS) is 18.4. The second-order valence-corrected chi connectivity index (χ2v) is 4.21. The summed E-state index contributed by atoms with van der Waals surface area (Å²) in [5, 5.41) is 10.3. The van der Waals surface area contributed by atoms with Crippen molar-refractivity contribution in [1.82, 2.24) is 20.5 Å². The summed E-state index contributed by atoms with van der Waals surface area (Å²) in [6.07, 6.45) is 2.46. The number of nitrogens with zero attached hydrogens (tertiary/aromatic N) is 3. The Morgan fingerprint density at radius 2 is 2.20 bits per heavy atom. The molecule has 0 saturated carbocycles. The highest BCUT2D eigenvalue weighted by molar-refractivity contribution is 5.28. The van der Waals surface area contributed by atoms with E-state index in [0.29, 0.717) is 0 Å². The summed E-state index contributed by atoms with van der Waals surface area (Å²) in [6.45, 7) is 5.21. The van der Waals surface area contributed by atoms with E-state index in [1.54, 1.807) is 0 Å². The summed E-state index contributed by atoms with van der Waals surface area (Å²) in [5.41, 5.74) is 0. The van der Waals surface area contributed by atoms with E-state index < -0.39 is 0 Å². The number of piperidine rings is 1. The number of rotatable bonds is 3. The second kappa shape index (κ2) is 4.61. The lowest BCUT2D eigenvalue weighted by Crippen LogP contribution is -2.37. The Labute approximate surface area is 90.3 Å². The van der Waals surface area contributed by atoms with E-state index in [0.717, 1.165) is 37.3 Å². The first-order chi connectivity index (χ1) is 7.29. The van der Waals surface area contributed by atoms with Crippen LogP contribution in [0.5, 0.6) is 0 Å². The summed E-state index contributed by atoms with van der Waals surface area (Å²) in [4.78, 5) is 6.61. The van der Waals surface area contributed by atoms with Crippen LogP contribution in [0, 0.1) is 12.8 Å². The molecule has 5 heteroatoms. The van der Waals surface area contributed by atoms with E-state index in [1.165, 1.54) is 12.8 Å². The zero-order valence-electron chi connectivity index (χ0n) is 9.45. The van der Waals surface area contributed by atoms with Gasteiger partial charge in [0, 0.05) is 13.1 Å². The molecule has 2 N–H and O–H groups in total. The molecule has 1 saturated heterocycles. The lowest BCUT2D eigenvalue weighted by atomic mass is 9.97. The summed E-state index contributed by atoms with van der Waals surface area (Å²) >= 11 is 0. The molecule has 0 spiro atoms. The molecular formula is C10H19N5. The van der Waals surface area contributed by atoms with Gasteiger partial charge in [-0.05, 0) is 39.3 Å². The molecule has 1 aromatic heterocycles. The Morgan fingerprint density at radius 1 is 1.47 bits per heavy atom. The highest BCUT2D eigenvalue weighted by atomic mass is 15.4. The number of nitrogens with one attached hydrogen (secondary N) is 2. The fourth-order valence-electron chi connectivity index (χ4n) is 2.10. The Morgan fingerprint density at radius 3 is 2.73 bits per heavy atom. The van der Waals surface area contributed by atoms with Crippen molar-refractivity contribution < 1.29 is 0 Å². The summed E-state index contributed by atoms with van der Waals surface area (Å²) in [5.74, 6) is 2.56. The maximum absolute atomic E-state index is 4.35. The summed E-state index contributed by atoms with van der Waals surface area (Å²) in [7, 11) is 2.02. The molecule has 0 bridgehead atoms. The highest BCUT2D eigenvalue weighted by Gasteiger charge is 2.20. The van der Waals surface area contributed by atoms with Crippen LogP contribution in [-0.2, 0) is 0 Å². The van der Waals surface area contributed by atoms with Crippen molar-refractivity contribution in [2.75, 3.05) is 31.6 Å². The average molecular weight is 209 g/mol. The fraction of sp³-hybridized carbons (Fsp3) is 0.800. The second-order valence-electron chi connectivity index (χ2n) is 4.21. The van der Waals surface area contributed by atoms with Crippen LogP contribution >= 0.6 is 0 Å². The van der Waals surface area contributed by atoms with Gasteiger partial charge in [-0.25, -0.2) is 0 Å². The van der Waals surface area contributed by atoms with E-state index >= 15 is 0 Å². The van der Waals surface area contributed by atoms with Crippen LogP contribution in [0.1, 0.15) is 18.7 Å². The van der Waals surface area contributed by atoms with Gasteiger partial charge in [-0.3, -0.25) is 5.10 Å². The SMILES string of the molecule is CNCC1CCN(c2n[nH]c(C)n2)CC1. The average Bonchev–Trinajstić information content (AvgIpc) is 2.67. The number of anilines is 1. The molecule has 15 heavy (non-hydrogen) atoms. The van der Waals surface area contributed by atoms with Gasteiger partial charge in [0.25, 0.3) is 0 Å². The predicted molar refractivity (Wildman–Crippen MR) is 60.0 cm³/mol. The fourth-order valence-corrected chi connectivity index (χ4v) is 2.10. The highest BCUT2D eigenvalue weighted by Crippen LogP contribution is 2.19. The van der Waals surface area contributed by atoms with E-state index in [-0.39, 0.29) is 0 Å². The number of aryl methyl sites for hydroxylation is 1. The number of H-pyrrole nitrogens is 1. The third-order valence-corrected chi connectivity index (χ3v) is 2.98. The van der Waals surface area contributed by atoms with Gasteiger partial charge in [-0.2, -0.15) is 4.98 Å². The van der Waals surface area contributed by atoms with Crippen LogP contribution in [0.2, 0.25) is 0 Å². The van der Waals surface area contributed by atoms with Gasteiger partial charge in [-0.15, -0.1) is 5.10 Å². The zero-order chi connectivity index (χ0) is 10.7. The molecular weight excluding hydrogens is 190 g/mol. The van der Waals surface area contributed by atoms with Crippen molar-refractivity contribution in [2.24, 2.45) is 5.92 Å². The molecule has 1 aliphatic rings. The van der Waals surface area contributed by atoms with Crippen LogP contribution < -0.4 is 10.2 Å². The predicted octanol–water partition coefficient (Wildman–Crippen LogP) is 0.549. The Hall–Kier alpha value is -1.10. The van der Waals surface area contributed by atoms with E-state index in [9.17, 15) is 0 Å². The van der Waals surface area contributed by atoms with E-state index in [2.05, 4.69) is 25.4 Å². The van der Waals surface area contributed by atoms with Crippen LogP contribution in [0.3, 0.4) is 0 Å². The van der Waals surface area contributed by atoms with Gasteiger partial charge < -0.3 is 10.2 Å². The third kappa shape index (κ3) is 2.47. The van der Waals surface area contributed by atoms with Gasteiger partial charge >= 0.3 is 0 Å². The van der Waals surface area contributed by atoms with Crippen molar-refractivity contribution in [3.05, 3.63) is 5.82 Å². The van der Waals surface area contributed by atoms with Crippen molar-refractivity contribution >= 4 is 5.95 Å². The van der Waals surface area contributed by atoms with Crippen LogP contribution in [0.15, 0.2) is 0 Å². The van der Waals surface area contributed by atoms with E-state index in [4.69, 9.17) is 0 Å². The van der Waals surface area contributed by atoms with Gasteiger partial charge in [0.05, 0.1) is 0 Å². The molecule has 0 aromatic carbocycles. The standard InChI is InChI=1S/C10H19N5/c1-8-12-10(14-13-8)15-5-3-9(4-6-15)7-11-2/h9,11H,3-7H2,1-2H3,(H,12,13,14). The topological polar surface area (TPSA) is 56.8 Å². The quantitative estimate of drug-likeness (QED) is 0.763. The number of hydrogen-bond acceptors (Lipinski definition) is 4. The van der Waals surface area contributed by atoms with Gasteiger partial charge in [0.2, 0.25) is 5.95 Å². The molecule has 2 rings (SSSR count). The molecule has 0 unspecified atom stereocenters. The molecule has 1 aliphatic heterocycles. The monoisotopic (exact) mass is 209 g/mol. The molecule has 0 amide bonds. The largest absolute Gasteiger partial charge is 0.340 e. The lowest BCUT2D eigenvalue weighted by Gasteiger charge is -2.30. The van der Waals surface area contributed by atoms with Crippen molar-refractivity contribution in [1.29, 1.82) is 0 Å². The molecule has 84 valence electrons. The summed E-state index contributed by atoms with van der Waals surface area (Å²) in [6, 6.07) is 0. The Balaban J connectivity index is 1.88. The minimum absolute atomic E-state index is 0.811. The first-order valence-electron chi connectivity index (χ1n) is 5.58. The van der Waals surface area contributed by atoms with Crippen molar-refractivity contribution in [3.63, 3.8) is 0 Å². The lowest BCUT2D eigenvalue weighted by molar-refractivity contribution is 0.391. The maximum atomic E-state index is 4.35. The number of hydrogen-bond donors (Lipinski definition) is 2. The van der Waals surface area contributed by atoms with E-state index in [1.807, 2.05) is 14.0 Å². The molecule has 1 aromatic rings. The molecule has 0 radical (unpaired) electrons. The van der Waals surface area contributed by atoms with Crippen LogP contribution in [0.4, 0.5) is 5.95 Å². The van der Waals surface area contributed by atoms with Crippen LogP contribution in [-0.4, -0.2) is 41.9 Å².